The van der Waals surface area contributed by atoms with Crippen LogP contribution in [0.2, 0.25) is 0 Å². The summed E-state index contributed by atoms with van der Waals surface area (Å²) in [7, 11) is 4.13. The van der Waals surface area contributed by atoms with Crippen molar-refractivity contribution in [2.45, 2.75) is 32.3 Å². The number of benzene rings is 1. The lowest BCUT2D eigenvalue weighted by molar-refractivity contribution is -0.147. The number of fused-ring (bicyclic) bond motifs is 2. The van der Waals surface area contributed by atoms with Crippen LogP contribution >= 0.6 is 0 Å². The summed E-state index contributed by atoms with van der Waals surface area (Å²) in [5, 5.41) is 11.7. The fourth-order valence-electron chi connectivity index (χ4n) is 4.90. The molecule has 2 aliphatic carbocycles. The molecule has 5 atom stereocenters. The van der Waals surface area contributed by atoms with Gasteiger partial charge < -0.3 is 19.3 Å². The molecule has 166 valence electrons. The van der Waals surface area contributed by atoms with E-state index in [0.717, 1.165) is 5.56 Å². The second-order valence-corrected chi connectivity index (χ2v) is 8.17. The highest BCUT2D eigenvalue weighted by molar-refractivity contribution is 6.07. The van der Waals surface area contributed by atoms with Crippen LogP contribution in [-0.2, 0) is 19.1 Å². The number of allylic oxidation sites excluding steroid dienone is 1. The molecule has 1 aromatic carbocycles. The molecule has 0 fully saturated rings. The van der Waals surface area contributed by atoms with Gasteiger partial charge in [-0.25, -0.2) is 4.79 Å². The third kappa shape index (κ3) is 3.47. The Bertz CT molecular complexity index is 990. The number of aliphatic hydroxyl groups is 1. The van der Waals surface area contributed by atoms with Gasteiger partial charge in [0, 0.05) is 29.4 Å². The number of ether oxygens (including phenoxy) is 3. The second-order valence-electron chi connectivity index (χ2n) is 8.17. The number of aryl methyl sites for hydroxylation is 1. The van der Waals surface area contributed by atoms with Crippen molar-refractivity contribution in [3.05, 3.63) is 52.6 Å². The SMILES string of the molecule is COC(=O)/C=C/C1=CC2C(C(C)C(=O)OC)c3cc(OC)c(C)cc3C(=O)C2(O)C1C. The number of carbonyl (C=O) groups excluding carboxylic acids is 3. The van der Waals surface area contributed by atoms with E-state index in [1.807, 2.05) is 6.92 Å². The van der Waals surface area contributed by atoms with E-state index in [9.17, 15) is 19.5 Å². The number of esters is 2. The van der Waals surface area contributed by atoms with Crippen LogP contribution < -0.4 is 4.74 Å². The van der Waals surface area contributed by atoms with Crippen LogP contribution in [0.25, 0.3) is 0 Å². The van der Waals surface area contributed by atoms with Gasteiger partial charge in [-0.1, -0.05) is 26.0 Å². The molecular formula is C24H28O7. The molecule has 0 radical (unpaired) electrons. The largest absolute Gasteiger partial charge is 0.496 e. The van der Waals surface area contributed by atoms with Crippen molar-refractivity contribution in [3.63, 3.8) is 0 Å². The Hall–Kier alpha value is -2.93. The third-order valence-corrected chi connectivity index (χ3v) is 6.69. The van der Waals surface area contributed by atoms with Gasteiger partial charge in [0.2, 0.25) is 0 Å². The Morgan fingerprint density at radius 1 is 1.19 bits per heavy atom. The molecule has 7 heteroatoms. The molecule has 1 N–H and O–H groups in total. The highest BCUT2D eigenvalue weighted by Gasteiger charge is 2.60. The predicted octanol–water partition coefficient (Wildman–Crippen LogP) is 2.75. The topological polar surface area (TPSA) is 99.1 Å². The maximum atomic E-state index is 13.6. The van der Waals surface area contributed by atoms with Crippen molar-refractivity contribution in [1.82, 2.24) is 0 Å². The molecule has 0 saturated heterocycles. The number of Topliss-reactive ketones (excluding diaryl/α,β-unsaturated/α-hetero) is 1. The maximum Gasteiger partial charge on any atom is 0.330 e. The first-order valence-corrected chi connectivity index (χ1v) is 10.1. The summed E-state index contributed by atoms with van der Waals surface area (Å²) in [6.45, 7) is 5.29. The lowest BCUT2D eigenvalue weighted by Crippen LogP contribution is -2.54. The Kier molecular flexibility index (Phi) is 6.09. The lowest BCUT2D eigenvalue weighted by atomic mass is 9.61. The minimum absolute atomic E-state index is 0.372. The summed E-state index contributed by atoms with van der Waals surface area (Å²) in [5.74, 6) is -3.21. The number of hydrogen-bond acceptors (Lipinski definition) is 7. The summed E-state index contributed by atoms with van der Waals surface area (Å²) < 4.78 is 15.1. The monoisotopic (exact) mass is 428 g/mol. The minimum atomic E-state index is -1.75. The molecule has 7 nitrogen and oxygen atoms in total. The molecular weight excluding hydrogens is 400 g/mol. The maximum absolute atomic E-state index is 13.6. The van der Waals surface area contributed by atoms with Gasteiger partial charge in [-0.2, -0.15) is 0 Å². The summed E-state index contributed by atoms with van der Waals surface area (Å²) in [6, 6.07) is 3.48. The van der Waals surface area contributed by atoms with Gasteiger partial charge in [0.05, 0.1) is 27.2 Å². The average Bonchev–Trinajstić information content (AvgIpc) is 3.02. The third-order valence-electron chi connectivity index (χ3n) is 6.69. The number of rotatable bonds is 5. The quantitative estimate of drug-likeness (QED) is 0.569. The number of methoxy groups -OCH3 is 3. The molecule has 0 aliphatic heterocycles. The molecule has 1 aromatic rings. The first kappa shape index (κ1) is 22.7. The average molecular weight is 428 g/mol. The first-order chi connectivity index (χ1) is 14.6. The van der Waals surface area contributed by atoms with E-state index in [1.165, 1.54) is 20.3 Å². The molecule has 2 aliphatic rings. The Morgan fingerprint density at radius 3 is 2.45 bits per heavy atom. The van der Waals surface area contributed by atoms with E-state index in [1.54, 1.807) is 45.2 Å². The van der Waals surface area contributed by atoms with Crippen LogP contribution in [0.1, 0.15) is 41.3 Å². The minimum Gasteiger partial charge on any atom is -0.496 e. The van der Waals surface area contributed by atoms with Crippen LogP contribution in [-0.4, -0.2) is 49.8 Å². The van der Waals surface area contributed by atoms with E-state index >= 15 is 0 Å². The van der Waals surface area contributed by atoms with Crippen LogP contribution in [0.4, 0.5) is 0 Å². The number of carbonyl (C=O) groups is 3. The summed E-state index contributed by atoms with van der Waals surface area (Å²) in [4.78, 5) is 37.7. The van der Waals surface area contributed by atoms with Gasteiger partial charge >= 0.3 is 11.9 Å². The van der Waals surface area contributed by atoms with Gasteiger partial charge in [-0.05, 0) is 35.8 Å². The van der Waals surface area contributed by atoms with Gasteiger partial charge in [0.25, 0.3) is 0 Å². The Labute approximate surface area is 181 Å². The predicted molar refractivity (Wildman–Crippen MR) is 113 cm³/mol. The van der Waals surface area contributed by atoms with E-state index < -0.39 is 47.0 Å². The molecule has 0 amide bonds. The molecule has 0 saturated carbocycles. The van der Waals surface area contributed by atoms with E-state index in [2.05, 4.69) is 4.74 Å². The zero-order valence-corrected chi connectivity index (χ0v) is 18.6. The molecule has 0 bridgehead atoms. The summed E-state index contributed by atoms with van der Waals surface area (Å²) in [5.41, 5.74) is 0.643. The second kappa shape index (κ2) is 8.30. The van der Waals surface area contributed by atoms with E-state index in [-0.39, 0.29) is 0 Å². The van der Waals surface area contributed by atoms with Crippen molar-refractivity contribution >= 4 is 17.7 Å². The summed E-state index contributed by atoms with van der Waals surface area (Å²) >= 11 is 0. The van der Waals surface area contributed by atoms with Crippen molar-refractivity contribution in [2.24, 2.45) is 17.8 Å². The fraction of sp³-hybridized carbons (Fsp3) is 0.458. The van der Waals surface area contributed by atoms with Crippen LogP contribution in [0.5, 0.6) is 5.75 Å². The zero-order valence-electron chi connectivity index (χ0n) is 18.6. The van der Waals surface area contributed by atoms with Gasteiger partial charge in [0.1, 0.15) is 11.4 Å². The highest BCUT2D eigenvalue weighted by atomic mass is 16.5. The van der Waals surface area contributed by atoms with Crippen molar-refractivity contribution in [1.29, 1.82) is 0 Å². The molecule has 0 aromatic heterocycles. The van der Waals surface area contributed by atoms with Crippen molar-refractivity contribution < 1.29 is 33.7 Å². The van der Waals surface area contributed by atoms with Gasteiger partial charge in [-0.3, -0.25) is 9.59 Å². The number of ketones is 1. The fourth-order valence-corrected chi connectivity index (χ4v) is 4.90. The zero-order chi connectivity index (χ0) is 23.1. The Balaban J connectivity index is 2.23. The van der Waals surface area contributed by atoms with Crippen LogP contribution in [0.15, 0.2) is 35.9 Å². The van der Waals surface area contributed by atoms with Crippen LogP contribution in [0, 0.1) is 24.7 Å². The Morgan fingerprint density at radius 2 is 1.87 bits per heavy atom. The number of hydrogen-bond donors (Lipinski definition) is 1. The van der Waals surface area contributed by atoms with Crippen molar-refractivity contribution in [2.75, 3.05) is 21.3 Å². The van der Waals surface area contributed by atoms with E-state index in [4.69, 9.17) is 9.47 Å². The highest BCUT2D eigenvalue weighted by Crippen LogP contribution is 2.55. The molecule has 5 unspecified atom stereocenters. The van der Waals surface area contributed by atoms with Crippen molar-refractivity contribution in [3.8, 4) is 5.75 Å². The standard InChI is InChI=1S/C24H28O7/c1-12-9-17-16(11-19(12)29-4)21(13(2)23(27)31-6)18-10-15(7-8-20(25)30-5)14(3)24(18,28)22(17)26/h7-11,13-14,18,21,28H,1-6H3/b8-7+. The van der Waals surface area contributed by atoms with E-state index in [0.29, 0.717) is 22.4 Å². The molecule has 31 heavy (non-hydrogen) atoms. The molecule has 0 heterocycles. The van der Waals surface area contributed by atoms with Gasteiger partial charge in [-0.15, -0.1) is 0 Å². The first-order valence-electron chi connectivity index (χ1n) is 10.1. The molecule has 3 rings (SSSR count). The lowest BCUT2D eigenvalue weighted by Gasteiger charge is -2.44. The molecule has 0 spiro atoms. The normalized spacial score (nSPS) is 27.9. The smallest absolute Gasteiger partial charge is 0.330 e. The van der Waals surface area contributed by atoms with Crippen LogP contribution in [0.3, 0.4) is 0 Å². The summed E-state index contributed by atoms with van der Waals surface area (Å²) in [6.07, 6.45) is 4.59. The van der Waals surface area contributed by atoms with Gasteiger partial charge in [0.15, 0.2) is 5.78 Å².